The number of benzene rings is 3. The Hall–Kier alpha value is -3.37. The zero-order chi connectivity index (χ0) is 25.2. The van der Waals surface area contributed by atoms with Gasteiger partial charge >= 0.3 is 5.97 Å². The lowest BCUT2D eigenvalue weighted by Gasteiger charge is -2.32. The molecular formula is C25H22F3NO5S. The molecule has 0 saturated carbocycles. The molecule has 3 aromatic carbocycles. The summed E-state index contributed by atoms with van der Waals surface area (Å²) >= 11 is 0. The molecule has 0 aromatic heterocycles. The number of sulfonamides is 1. The molecular weight excluding hydrogens is 483 g/mol. The Balaban J connectivity index is 1.44. The van der Waals surface area contributed by atoms with Crippen molar-refractivity contribution in [1.82, 2.24) is 4.31 Å². The predicted octanol–water partition coefficient (Wildman–Crippen LogP) is 4.73. The van der Waals surface area contributed by atoms with Crippen molar-refractivity contribution in [3.63, 3.8) is 0 Å². The molecule has 0 spiro atoms. The highest BCUT2D eigenvalue weighted by atomic mass is 32.2. The number of aliphatic carboxylic acids is 1. The molecule has 0 radical (unpaired) electrons. The van der Waals surface area contributed by atoms with Crippen LogP contribution in [-0.4, -0.2) is 35.6 Å². The molecule has 35 heavy (non-hydrogen) atoms. The third-order valence-electron chi connectivity index (χ3n) is 5.78. The van der Waals surface area contributed by atoms with Crippen molar-refractivity contribution in [2.24, 2.45) is 0 Å². The van der Waals surface area contributed by atoms with Crippen molar-refractivity contribution in [2.45, 2.75) is 32.0 Å². The Morgan fingerprint density at radius 3 is 2.37 bits per heavy atom. The van der Waals surface area contributed by atoms with Crippen molar-refractivity contribution in [3.05, 3.63) is 89.2 Å². The highest BCUT2D eigenvalue weighted by Gasteiger charge is 2.38. The average Bonchev–Trinajstić information content (AvgIpc) is 2.82. The number of nitrogens with zero attached hydrogens (tertiary/aromatic N) is 1. The predicted molar refractivity (Wildman–Crippen MR) is 123 cm³/mol. The van der Waals surface area contributed by atoms with E-state index in [1.165, 1.54) is 12.1 Å². The van der Waals surface area contributed by atoms with E-state index in [4.69, 9.17) is 4.74 Å². The van der Waals surface area contributed by atoms with Crippen LogP contribution in [0.4, 0.5) is 13.2 Å². The van der Waals surface area contributed by atoms with Gasteiger partial charge in [-0.3, -0.25) is 4.79 Å². The third-order valence-corrected chi connectivity index (χ3v) is 7.68. The Kier molecular flexibility index (Phi) is 7.13. The van der Waals surface area contributed by atoms with E-state index in [0.29, 0.717) is 29.4 Å². The molecule has 0 bridgehead atoms. The van der Waals surface area contributed by atoms with Gasteiger partial charge in [0.15, 0.2) is 11.6 Å². The number of ether oxygens (including phenoxy) is 1. The molecule has 1 aliphatic rings. The maximum absolute atomic E-state index is 14.0. The van der Waals surface area contributed by atoms with Gasteiger partial charge in [0.25, 0.3) is 0 Å². The van der Waals surface area contributed by atoms with Gasteiger partial charge in [-0.25, -0.2) is 21.6 Å². The molecule has 6 nitrogen and oxygen atoms in total. The fourth-order valence-electron chi connectivity index (χ4n) is 4.01. The second-order valence-electron chi connectivity index (χ2n) is 8.24. The first kappa shape index (κ1) is 24.7. The third kappa shape index (κ3) is 5.66. The van der Waals surface area contributed by atoms with Crippen molar-refractivity contribution in [1.29, 1.82) is 0 Å². The van der Waals surface area contributed by atoms with Gasteiger partial charge in [-0.1, -0.05) is 36.4 Å². The van der Waals surface area contributed by atoms with Crippen molar-refractivity contribution >= 4 is 16.0 Å². The fourth-order valence-corrected chi connectivity index (χ4v) is 5.70. The van der Waals surface area contributed by atoms with Crippen LogP contribution in [0.1, 0.15) is 24.0 Å². The van der Waals surface area contributed by atoms with Crippen LogP contribution < -0.4 is 4.74 Å². The minimum absolute atomic E-state index is 0.0539. The van der Waals surface area contributed by atoms with Gasteiger partial charge in [0.05, 0.1) is 5.75 Å². The minimum atomic E-state index is -3.67. The van der Waals surface area contributed by atoms with Gasteiger partial charge in [-0.05, 0) is 47.7 Å². The molecule has 4 rings (SSSR count). The van der Waals surface area contributed by atoms with E-state index in [9.17, 15) is 31.5 Å². The summed E-state index contributed by atoms with van der Waals surface area (Å²) in [6.07, 6.45) is 0.576. The van der Waals surface area contributed by atoms with E-state index in [1.807, 2.05) is 0 Å². The summed E-state index contributed by atoms with van der Waals surface area (Å²) in [5.41, 5.74) is 1.65. The number of rotatable bonds is 7. The van der Waals surface area contributed by atoms with Crippen LogP contribution >= 0.6 is 0 Å². The number of carboxylic acids is 1. The lowest BCUT2D eigenvalue weighted by Crippen LogP contribution is -2.48. The summed E-state index contributed by atoms with van der Waals surface area (Å²) < 4.78 is 72.3. The number of hydrogen-bond donors (Lipinski definition) is 1. The molecule has 1 fully saturated rings. The normalized spacial score (nSPS) is 17.7. The highest BCUT2D eigenvalue weighted by Crippen LogP contribution is 2.28. The highest BCUT2D eigenvalue weighted by molar-refractivity contribution is 7.89. The number of halogens is 3. The standard InChI is InChI=1S/C25H22F3NO5S/c26-21-13-23(28)22(27)12-20(21)18-6-8-19(9-7-18)34-15-17-4-1-3-16(11-17)14-29-24(25(30)31)5-2-10-35(29,32)33/h1,3-4,6-9,11-13,24H,2,5,10,14-15H2,(H,30,31)/t24-/m1/s1. The van der Waals surface area contributed by atoms with Crippen LogP contribution in [0, 0.1) is 17.5 Å². The van der Waals surface area contributed by atoms with Gasteiger partial charge in [0, 0.05) is 18.2 Å². The molecule has 1 heterocycles. The number of carbonyl (C=O) groups is 1. The Morgan fingerprint density at radius 1 is 0.971 bits per heavy atom. The smallest absolute Gasteiger partial charge is 0.322 e. The first-order valence-electron chi connectivity index (χ1n) is 10.8. The summed E-state index contributed by atoms with van der Waals surface area (Å²) in [5.74, 6) is -4.08. The number of hydrogen-bond acceptors (Lipinski definition) is 4. The van der Waals surface area contributed by atoms with Crippen LogP contribution in [0.2, 0.25) is 0 Å². The molecule has 1 N–H and O–H groups in total. The van der Waals surface area contributed by atoms with Gasteiger partial charge < -0.3 is 9.84 Å². The Labute approximate surface area is 200 Å². The minimum Gasteiger partial charge on any atom is -0.489 e. The zero-order valence-corrected chi connectivity index (χ0v) is 19.3. The van der Waals surface area contributed by atoms with Crippen LogP contribution in [0.3, 0.4) is 0 Å². The van der Waals surface area contributed by atoms with Gasteiger partial charge in [0.2, 0.25) is 10.0 Å². The van der Waals surface area contributed by atoms with Crippen LogP contribution in [0.25, 0.3) is 11.1 Å². The topological polar surface area (TPSA) is 83.9 Å². The Morgan fingerprint density at radius 2 is 1.66 bits per heavy atom. The van der Waals surface area contributed by atoms with E-state index in [2.05, 4.69) is 0 Å². The van der Waals surface area contributed by atoms with Crippen LogP contribution in [0.5, 0.6) is 5.75 Å². The monoisotopic (exact) mass is 505 g/mol. The van der Waals surface area contributed by atoms with Gasteiger partial charge in [0.1, 0.15) is 24.2 Å². The summed E-state index contributed by atoms with van der Waals surface area (Å²) in [6.45, 7) is 0.0868. The van der Waals surface area contributed by atoms with Crippen molar-refractivity contribution in [2.75, 3.05) is 5.75 Å². The first-order valence-corrected chi connectivity index (χ1v) is 12.4. The largest absolute Gasteiger partial charge is 0.489 e. The summed E-state index contributed by atoms with van der Waals surface area (Å²) in [6, 6.07) is 13.4. The SMILES string of the molecule is O=C(O)[C@H]1CCCS(=O)(=O)N1Cc1cccc(COc2ccc(-c3cc(F)c(F)cc3F)cc2)c1. The summed E-state index contributed by atoms with van der Waals surface area (Å²) in [4.78, 5) is 11.6. The average molecular weight is 506 g/mol. The number of carboxylic acid groups (broad SMARTS) is 1. The second-order valence-corrected chi connectivity index (χ2v) is 10.3. The van der Waals surface area contributed by atoms with Crippen molar-refractivity contribution < 1.29 is 36.2 Å². The molecule has 3 aromatic rings. The van der Waals surface area contributed by atoms with E-state index >= 15 is 0 Å². The molecule has 10 heteroatoms. The molecule has 0 aliphatic carbocycles. The lowest BCUT2D eigenvalue weighted by atomic mass is 10.0. The molecule has 1 saturated heterocycles. The summed E-state index contributed by atoms with van der Waals surface area (Å²) in [5, 5.41) is 9.43. The fraction of sp³-hybridized carbons (Fsp3) is 0.240. The zero-order valence-electron chi connectivity index (χ0n) is 18.5. The molecule has 0 unspecified atom stereocenters. The van der Waals surface area contributed by atoms with E-state index in [1.54, 1.807) is 36.4 Å². The maximum Gasteiger partial charge on any atom is 0.322 e. The first-order chi connectivity index (χ1) is 16.6. The quantitative estimate of drug-likeness (QED) is 0.470. The van der Waals surface area contributed by atoms with Crippen LogP contribution in [0.15, 0.2) is 60.7 Å². The summed E-state index contributed by atoms with van der Waals surface area (Å²) in [7, 11) is -3.67. The lowest BCUT2D eigenvalue weighted by molar-refractivity contribution is -0.142. The second kappa shape index (κ2) is 10.1. The van der Waals surface area contributed by atoms with Crippen LogP contribution in [-0.2, 0) is 28.0 Å². The van der Waals surface area contributed by atoms with E-state index in [-0.39, 0.29) is 30.9 Å². The molecule has 0 amide bonds. The molecule has 1 aliphatic heterocycles. The van der Waals surface area contributed by atoms with Crippen molar-refractivity contribution in [3.8, 4) is 16.9 Å². The van der Waals surface area contributed by atoms with E-state index in [0.717, 1.165) is 15.9 Å². The molecule has 1 atom stereocenters. The van der Waals surface area contributed by atoms with Gasteiger partial charge in [-0.2, -0.15) is 4.31 Å². The Bertz CT molecular complexity index is 1350. The van der Waals surface area contributed by atoms with Gasteiger partial charge in [-0.15, -0.1) is 0 Å². The van der Waals surface area contributed by atoms with E-state index < -0.39 is 39.5 Å². The maximum atomic E-state index is 14.0. The molecule has 184 valence electrons.